The molecule has 5 nitrogen and oxygen atoms in total. The Labute approximate surface area is 258 Å². The Bertz CT molecular complexity index is 1850. The van der Waals surface area contributed by atoms with Gasteiger partial charge >= 0.3 is 0 Å². The Hall–Kier alpha value is -4.77. The van der Waals surface area contributed by atoms with E-state index in [1.807, 2.05) is 91.9 Å². The van der Waals surface area contributed by atoms with E-state index >= 15 is 4.79 Å². The van der Waals surface area contributed by atoms with Gasteiger partial charge in [0.05, 0.1) is 12.0 Å². The summed E-state index contributed by atoms with van der Waals surface area (Å²) in [6.45, 7) is 8.22. The minimum Gasteiger partial charge on any atom is -0.352 e. The minimum atomic E-state index is -1.31. The highest BCUT2D eigenvalue weighted by atomic mass is 16.2. The van der Waals surface area contributed by atoms with Crippen molar-refractivity contribution in [3.63, 3.8) is 0 Å². The first-order valence-corrected chi connectivity index (χ1v) is 15.5. The molecule has 0 bridgehead atoms. The molecular weight excluding hydrogens is 544 g/mol. The zero-order chi connectivity index (χ0) is 30.7. The fraction of sp³-hybridized carbons (Fsp3) is 0.256. The summed E-state index contributed by atoms with van der Waals surface area (Å²) in [5, 5.41) is 3.12. The summed E-state index contributed by atoms with van der Waals surface area (Å²) < 4.78 is 0. The SMILES string of the molecule is CCCc1ccc(C(=O)[C@@H]2[C@@H](C(=O)c3ccc(C)cc3)N3c4ccc(C)cc4C(C)=C[C@@H]3[C@]23C(=O)Nc2ccccc23)cc1. The number of nitrogens with one attached hydrogen (secondary N) is 1. The summed E-state index contributed by atoms with van der Waals surface area (Å²) in [4.78, 5) is 46.6. The smallest absolute Gasteiger partial charge is 0.238 e. The molecule has 3 aliphatic heterocycles. The lowest BCUT2D eigenvalue weighted by molar-refractivity contribution is -0.121. The highest BCUT2D eigenvalue weighted by Crippen LogP contribution is 2.59. The Balaban J connectivity index is 1.52. The van der Waals surface area contributed by atoms with Crippen LogP contribution in [0.2, 0.25) is 0 Å². The number of nitrogens with zero attached hydrogens (tertiary/aromatic N) is 1. The maximum atomic E-state index is 15.0. The molecule has 1 fully saturated rings. The van der Waals surface area contributed by atoms with Gasteiger partial charge in [0.25, 0.3) is 0 Å². The number of carbonyl (C=O) groups is 3. The number of ketones is 2. The van der Waals surface area contributed by atoms with Gasteiger partial charge in [-0.15, -0.1) is 0 Å². The fourth-order valence-corrected chi connectivity index (χ4v) is 7.74. The molecule has 7 rings (SSSR count). The minimum absolute atomic E-state index is 0.163. The standard InChI is InChI=1S/C39H36N2O3/c1-5-8-26-14-18-27(19-15-26)36(42)34-35(37(43)28-16-11-23(2)12-17-28)41-32-20-13-24(3)21-29(32)25(4)22-33(41)39(34)30-9-6-7-10-31(30)40-38(39)44/h6-7,9-22,33-35H,5,8H2,1-4H3,(H,40,44)/t33-,34+,35+,39+/m1/s1. The second-order valence-electron chi connectivity index (χ2n) is 12.6. The van der Waals surface area contributed by atoms with Crippen molar-refractivity contribution in [3.05, 3.63) is 136 Å². The molecule has 1 amide bonds. The number of benzene rings is 4. The molecule has 220 valence electrons. The number of amides is 1. The van der Waals surface area contributed by atoms with Gasteiger partial charge in [-0.2, -0.15) is 0 Å². The van der Waals surface area contributed by atoms with E-state index in [0.29, 0.717) is 16.8 Å². The predicted molar refractivity (Wildman–Crippen MR) is 175 cm³/mol. The quantitative estimate of drug-likeness (QED) is 0.240. The first kappa shape index (κ1) is 28.0. The molecule has 44 heavy (non-hydrogen) atoms. The molecule has 1 N–H and O–H groups in total. The maximum Gasteiger partial charge on any atom is 0.238 e. The van der Waals surface area contributed by atoms with Crippen LogP contribution in [0, 0.1) is 19.8 Å². The lowest BCUT2D eigenvalue weighted by atomic mass is 9.64. The van der Waals surface area contributed by atoms with Gasteiger partial charge in [-0.3, -0.25) is 14.4 Å². The monoisotopic (exact) mass is 580 g/mol. The van der Waals surface area contributed by atoms with Crippen LogP contribution in [0.3, 0.4) is 0 Å². The van der Waals surface area contributed by atoms with Crippen molar-refractivity contribution in [2.75, 3.05) is 10.2 Å². The van der Waals surface area contributed by atoms with Crippen LogP contribution in [-0.2, 0) is 16.6 Å². The number of Topliss-reactive ketones (excluding diaryl/α,β-unsaturated/α-hetero) is 2. The Morgan fingerprint density at radius 1 is 0.818 bits per heavy atom. The largest absolute Gasteiger partial charge is 0.352 e. The first-order chi connectivity index (χ1) is 21.2. The Kier molecular flexibility index (Phi) is 6.65. The van der Waals surface area contributed by atoms with E-state index in [1.165, 1.54) is 0 Å². The van der Waals surface area contributed by atoms with Gasteiger partial charge < -0.3 is 10.2 Å². The molecular formula is C39H36N2O3. The average Bonchev–Trinajstić information content (AvgIpc) is 3.49. The van der Waals surface area contributed by atoms with E-state index in [-0.39, 0.29) is 17.5 Å². The van der Waals surface area contributed by atoms with E-state index in [0.717, 1.165) is 51.9 Å². The van der Waals surface area contributed by atoms with Crippen molar-refractivity contribution < 1.29 is 14.4 Å². The zero-order valence-corrected chi connectivity index (χ0v) is 25.6. The molecule has 4 aromatic rings. The van der Waals surface area contributed by atoms with E-state index in [9.17, 15) is 9.59 Å². The van der Waals surface area contributed by atoms with Crippen LogP contribution < -0.4 is 10.2 Å². The molecule has 0 saturated carbocycles. The van der Waals surface area contributed by atoms with E-state index in [1.54, 1.807) is 0 Å². The van der Waals surface area contributed by atoms with Crippen molar-refractivity contribution in [3.8, 4) is 0 Å². The second kappa shape index (κ2) is 10.4. The zero-order valence-electron chi connectivity index (χ0n) is 25.6. The summed E-state index contributed by atoms with van der Waals surface area (Å²) in [5.41, 5.74) is 7.40. The summed E-state index contributed by atoms with van der Waals surface area (Å²) in [6, 6.07) is 27.6. The van der Waals surface area contributed by atoms with Gasteiger partial charge in [-0.25, -0.2) is 0 Å². The summed E-state index contributed by atoms with van der Waals surface area (Å²) in [5.74, 6) is -1.57. The molecule has 5 heteroatoms. The van der Waals surface area contributed by atoms with E-state index in [2.05, 4.69) is 43.1 Å². The third-order valence-corrected chi connectivity index (χ3v) is 9.80. The van der Waals surface area contributed by atoms with Crippen LogP contribution in [0.25, 0.3) is 5.57 Å². The second-order valence-corrected chi connectivity index (χ2v) is 12.6. The third-order valence-electron chi connectivity index (χ3n) is 9.80. The number of fused-ring (bicyclic) bond motifs is 6. The van der Waals surface area contributed by atoms with Crippen LogP contribution in [0.15, 0.2) is 97.1 Å². The molecule has 0 unspecified atom stereocenters. The topological polar surface area (TPSA) is 66.5 Å². The number of aryl methyl sites for hydroxylation is 3. The molecule has 4 atom stereocenters. The van der Waals surface area contributed by atoms with Crippen molar-refractivity contribution in [1.82, 2.24) is 0 Å². The molecule has 3 heterocycles. The summed E-state index contributed by atoms with van der Waals surface area (Å²) in [6.07, 6.45) is 4.03. The first-order valence-electron chi connectivity index (χ1n) is 15.5. The lowest BCUT2D eigenvalue weighted by Gasteiger charge is -2.39. The number of carbonyl (C=O) groups excluding carboxylic acids is 3. The van der Waals surface area contributed by atoms with Gasteiger partial charge in [0.15, 0.2) is 11.6 Å². The fourth-order valence-electron chi connectivity index (χ4n) is 7.74. The molecule has 1 spiro atoms. The molecule has 4 aromatic carbocycles. The van der Waals surface area contributed by atoms with Crippen LogP contribution >= 0.6 is 0 Å². The van der Waals surface area contributed by atoms with Crippen molar-refractivity contribution in [2.45, 2.75) is 58.0 Å². The molecule has 0 aliphatic carbocycles. The molecule has 0 radical (unpaired) electrons. The van der Waals surface area contributed by atoms with E-state index in [4.69, 9.17) is 0 Å². The predicted octanol–water partition coefficient (Wildman–Crippen LogP) is 7.50. The van der Waals surface area contributed by atoms with Crippen molar-refractivity contribution in [2.24, 2.45) is 5.92 Å². The van der Waals surface area contributed by atoms with Crippen molar-refractivity contribution in [1.29, 1.82) is 0 Å². The summed E-state index contributed by atoms with van der Waals surface area (Å²) >= 11 is 0. The lowest BCUT2D eigenvalue weighted by Crippen LogP contribution is -2.51. The van der Waals surface area contributed by atoms with Gasteiger partial charge in [0.1, 0.15) is 11.5 Å². The van der Waals surface area contributed by atoms with Crippen molar-refractivity contribution >= 4 is 34.4 Å². The molecule has 1 saturated heterocycles. The average molecular weight is 581 g/mol. The number of hydrogen-bond donors (Lipinski definition) is 1. The normalized spacial score (nSPS) is 23.1. The van der Waals surface area contributed by atoms with E-state index < -0.39 is 23.4 Å². The van der Waals surface area contributed by atoms with Crippen LogP contribution in [0.1, 0.15) is 68.8 Å². The van der Waals surface area contributed by atoms with Gasteiger partial charge in [-0.1, -0.05) is 103 Å². The number of hydrogen-bond acceptors (Lipinski definition) is 4. The van der Waals surface area contributed by atoms with Crippen LogP contribution in [-0.4, -0.2) is 29.6 Å². The number of allylic oxidation sites excluding steroid dienone is 1. The molecule has 0 aromatic heterocycles. The maximum absolute atomic E-state index is 15.0. The molecule has 3 aliphatic rings. The third kappa shape index (κ3) is 4.02. The Morgan fingerprint density at radius 2 is 1.48 bits per heavy atom. The van der Waals surface area contributed by atoms with Crippen LogP contribution in [0.5, 0.6) is 0 Å². The van der Waals surface area contributed by atoms with Gasteiger partial charge in [0, 0.05) is 28.1 Å². The number of rotatable bonds is 6. The highest BCUT2D eigenvalue weighted by molar-refractivity contribution is 6.18. The number of para-hydroxylation sites is 1. The van der Waals surface area contributed by atoms with Crippen LogP contribution in [0.4, 0.5) is 11.4 Å². The Morgan fingerprint density at radius 3 is 2.20 bits per heavy atom. The van der Waals surface area contributed by atoms with Gasteiger partial charge in [-0.05, 0) is 62.1 Å². The summed E-state index contributed by atoms with van der Waals surface area (Å²) in [7, 11) is 0. The number of anilines is 2. The van der Waals surface area contributed by atoms with Gasteiger partial charge in [0.2, 0.25) is 5.91 Å². The highest BCUT2D eigenvalue weighted by Gasteiger charge is 2.70.